The lowest BCUT2D eigenvalue weighted by Gasteiger charge is -2.36. The molecule has 0 saturated heterocycles. The number of aromatic nitrogens is 1. The summed E-state index contributed by atoms with van der Waals surface area (Å²) in [7, 11) is 0. The number of nitrogens with one attached hydrogen (secondary N) is 1. The van der Waals surface area contributed by atoms with Crippen LogP contribution in [-0.2, 0) is 17.6 Å². The Morgan fingerprint density at radius 3 is 2.44 bits per heavy atom. The first-order valence-corrected chi connectivity index (χ1v) is 13.9. The molecule has 34 heavy (non-hydrogen) atoms. The van der Waals surface area contributed by atoms with Gasteiger partial charge >= 0.3 is 12.0 Å². The summed E-state index contributed by atoms with van der Waals surface area (Å²) in [5.41, 5.74) is 2.90. The average molecular weight is 502 g/mol. The predicted molar refractivity (Wildman–Crippen MR) is 139 cm³/mol. The van der Waals surface area contributed by atoms with Gasteiger partial charge in [-0.1, -0.05) is 54.3 Å². The molecule has 2 aromatic rings. The van der Waals surface area contributed by atoms with Crippen LogP contribution in [0.5, 0.6) is 0 Å². The Hall–Kier alpha value is -2.06. The van der Waals surface area contributed by atoms with Crippen LogP contribution < -0.4 is 5.32 Å². The summed E-state index contributed by atoms with van der Waals surface area (Å²) in [6.07, 6.45) is 9.26. The standard InChI is InChI=1S/C26H35N3O3S2/c1-17-8-10-21(11-9-17)29(13-12-18-14-19-6-4-5-7-20(19)15-18)25(32)28-24-27-16-22(33-24)34-26(2,3)23(30)31/h4-7,16-18,21H,8-15H2,1-3H3,(H,30,31)(H,27,28,32). The van der Waals surface area contributed by atoms with Gasteiger partial charge in [-0.25, -0.2) is 9.78 Å². The lowest BCUT2D eigenvalue weighted by molar-refractivity contribution is -0.138. The minimum Gasteiger partial charge on any atom is -0.480 e. The summed E-state index contributed by atoms with van der Waals surface area (Å²) in [6.45, 7) is 6.39. The molecule has 8 heteroatoms. The molecule has 1 saturated carbocycles. The van der Waals surface area contributed by atoms with Crippen LogP contribution in [0.15, 0.2) is 34.7 Å². The number of rotatable bonds is 8. The summed E-state index contributed by atoms with van der Waals surface area (Å²) in [4.78, 5) is 31.2. The van der Waals surface area contributed by atoms with Gasteiger partial charge in [0.05, 0.1) is 10.4 Å². The molecule has 0 bridgehead atoms. The number of carbonyl (C=O) groups is 2. The lowest BCUT2D eigenvalue weighted by atomic mass is 9.86. The van der Waals surface area contributed by atoms with Gasteiger partial charge in [-0.2, -0.15) is 0 Å². The van der Waals surface area contributed by atoms with Gasteiger partial charge in [-0.15, -0.1) is 0 Å². The molecule has 1 aromatic heterocycles. The van der Waals surface area contributed by atoms with Crippen molar-refractivity contribution in [1.82, 2.24) is 9.88 Å². The smallest absolute Gasteiger partial charge is 0.323 e. The van der Waals surface area contributed by atoms with Crippen molar-refractivity contribution >= 4 is 40.2 Å². The Bertz CT molecular complexity index is 989. The van der Waals surface area contributed by atoms with E-state index in [1.165, 1.54) is 34.2 Å². The first-order chi connectivity index (χ1) is 16.2. The predicted octanol–water partition coefficient (Wildman–Crippen LogP) is 6.32. The summed E-state index contributed by atoms with van der Waals surface area (Å²) in [5.74, 6) is 0.432. The third-order valence-corrected chi connectivity index (χ3v) is 9.37. The number of carbonyl (C=O) groups excluding carboxylic acids is 1. The van der Waals surface area contributed by atoms with E-state index in [2.05, 4.69) is 41.5 Å². The Kier molecular flexibility index (Phi) is 7.87. The maximum Gasteiger partial charge on any atom is 0.323 e. The number of thiazole rings is 1. The Morgan fingerprint density at radius 2 is 1.82 bits per heavy atom. The fourth-order valence-electron chi connectivity index (χ4n) is 5.00. The van der Waals surface area contributed by atoms with Gasteiger partial charge in [-0.05, 0) is 81.8 Å². The number of fused-ring (bicyclic) bond motifs is 1. The summed E-state index contributed by atoms with van der Waals surface area (Å²) < 4.78 is -0.165. The number of carboxylic acids is 1. The molecule has 0 radical (unpaired) electrons. The number of thioether (sulfide) groups is 1. The van der Waals surface area contributed by atoms with Gasteiger partial charge in [0.2, 0.25) is 0 Å². The van der Waals surface area contributed by atoms with Crippen molar-refractivity contribution < 1.29 is 14.7 Å². The van der Waals surface area contributed by atoms with Crippen molar-refractivity contribution in [1.29, 1.82) is 0 Å². The minimum atomic E-state index is -0.947. The van der Waals surface area contributed by atoms with E-state index in [1.54, 1.807) is 20.0 Å². The average Bonchev–Trinajstić information content (AvgIpc) is 3.40. The minimum absolute atomic E-state index is 0.0848. The number of amides is 2. The first kappa shape index (κ1) is 25.0. The van der Waals surface area contributed by atoms with Gasteiger partial charge in [0.1, 0.15) is 4.75 Å². The topological polar surface area (TPSA) is 82.5 Å². The molecule has 0 spiro atoms. The summed E-state index contributed by atoms with van der Waals surface area (Å²) >= 11 is 2.59. The van der Waals surface area contributed by atoms with E-state index >= 15 is 0 Å². The molecule has 1 heterocycles. The number of aliphatic carboxylic acids is 1. The second-order valence-corrected chi connectivity index (χ2v) is 13.2. The fourth-order valence-corrected chi connectivity index (χ4v) is 7.27. The second kappa shape index (κ2) is 10.7. The number of urea groups is 1. The fraction of sp³-hybridized carbons (Fsp3) is 0.577. The quantitative estimate of drug-likeness (QED) is 0.414. The van der Waals surface area contributed by atoms with E-state index < -0.39 is 10.7 Å². The molecule has 2 amide bonds. The third kappa shape index (κ3) is 6.13. The largest absolute Gasteiger partial charge is 0.480 e. The van der Waals surface area contributed by atoms with Crippen LogP contribution in [0.2, 0.25) is 0 Å². The highest BCUT2D eigenvalue weighted by Gasteiger charge is 2.31. The maximum absolute atomic E-state index is 13.4. The van der Waals surface area contributed by atoms with Crippen molar-refractivity contribution in [3.63, 3.8) is 0 Å². The van der Waals surface area contributed by atoms with E-state index in [9.17, 15) is 14.7 Å². The summed E-state index contributed by atoms with van der Waals surface area (Å²) in [6, 6.07) is 8.86. The number of anilines is 1. The van der Waals surface area contributed by atoms with Crippen molar-refractivity contribution in [2.24, 2.45) is 11.8 Å². The molecule has 1 aromatic carbocycles. The normalized spacial score (nSPS) is 20.7. The molecule has 0 unspecified atom stereocenters. The van der Waals surface area contributed by atoms with Gasteiger partial charge < -0.3 is 10.0 Å². The number of hydrogen-bond acceptors (Lipinski definition) is 5. The molecule has 4 rings (SSSR count). The van der Waals surface area contributed by atoms with Crippen LogP contribution in [0.1, 0.15) is 64.0 Å². The van der Waals surface area contributed by atoms with Gasteiger partial charge in [0.25, 0.3) is 0 Å². The van der Waals surface area contributed by atoms with Crippen LogP contribution in [-0.4, -0.2) is 44.3 Å². The zero-order valence-corrected chi connectivity index (χ0v) is 21.9. The molecule has 0 atom stereocenters. The van der Waals surface area contributed by atoms with E-state index in [1.807, 2.05) is 4.90 Å². The molecule has 1 fully saturated rings. The van der Waals surface area contributed by atoms with E-state index in [0.717, 1.165) is 61.6 Å². The zero-order valence-electron chi connectivity index (χ0n) is 20.3. The van der Waals surface area contributed by atoms with E-state index in [4.69, 9.17) is 0 Å². The molecule has 2 aliphatic rings. The van der Waals surface area contributed by atoms with Crippen LogP contribution in [0.3, 0.4) is 0 Å². The zero-order chi connectivity index (χ0) is 24.3. The Labute approximate surface area is 210 Å². The molecule has 2 aliphatic carbocycles. The van der Waals surface area contributed by atoms with Gasteiger partial charge in [0, 0.05) is 12.6 Å². The van der Waals surface area contributed by atoms with E-state index in [0.29, 0.717) is 11.0 Å². The van der Waals surface area contributed by atoms with Crippen LogP contribution in [0.25, 0.3) is 0 Å². The van der Waals surface area contributed by atoms with E-state index in [-0.39, 0.29) is 12.1 Å². The highest BCUT2D eigenvalue weighted by Crippen LogP contribution is 2.38. The van der Waals surface area contributed by atoms with Gasteiger partial charge in [0.15, 0.2) is 5.13 Å². The molecular formula is C26H35N3O3S2. The van der Waals surface area contributed by atoms with Crippen LogP contribution in [0, 0.1) is 11.8 Å². The SMILES string of the molecule is CC1CCC(N(CCC2Cc3ccccc3C2)C(=O)Nc2ncc(SC(C)(C)C(=O)O)s2)CC1. The number of nitrogens with zero attached hydrogens (tertiary/aromatic N) is 2. The monoisotopic (exact) mass is 501 g/mol. The summed E-state index contributed by atoms with van der Waals surface area (Å²) in [5, 5.41) is 12.9. The van der Waals surface area contributed by atoms with Crippen LogP contribution in [0.4, 0.5) is 9.93 Å². The van der Waals surface area contributed by atoms with Crippen molar-refractivity contribution in [2.45, 2.75) is 80.7 Å². The molecule has 184 valence electrons. The first-order valence-electron chi connectivity index (χ1n) is 12.2. The second-order valence-electron chi connectivity index (χ2n) is 10.3. The molecular weight excluding hydrogens is 466 g/mol. The Morgan fingerprint density at radius 1 is 1.18 bits per heavy atom. The Balaban J connectivity index is 1.40. The lowest BCUT2D eigenvalue weighted by Crippen LogP contribution is -2.45. The van der Waals surface area contributed by atoms with Gasteiger partial charge in [-0.3, -0.25) is 10.1 Å². The number of hydrogen-bond donors (Lipinski definition) is 2. The number of carboxylic acid groups (broad SMARTS) is 1. The third-order valence-electron chi connectivity index (χ3n) is 7.17. The van der Waals surface area contributed by atoms with Crippen molar-refractivity contribution in [3.05, 3.63) is 41.6 Å². The van der Waals surface area contributed by atoms with Crippen molar-refractivity contribution in [2.75, 3.05) is 11.9 Å². The molecule has 2 N–H and O–H groups in total. The molecule has 6 nitrogen and oxygen atoms in total. The maximum atomic E-state index is 13.4. The highest BCUT2D eigenvalue weighted by atomic mass is 32.2. The molecule has 0 aliphatic heterocycles. The highest BCUT2D eigenvalue weighted by molar-refractivity contribution is 8.03. The van der Waals surface area contributed by atoms with Crippen molar-refractivity contribution in [3.8, 4) is 0 Å². The van der Waals surface area contributed by atoms with Crippen LogP contribution >= 0.6 is 23.1 Å². The number of benzene rings is 1.